The van der Waals surface area contributed by atoms with Crippen LogP contribution in [0, 0.1) is 5.92 Å². The maximum Gasteiger partial charge on any atom is 0.251 e. The number of carbonyl (C=O) groups excluding carboxylic acids is 1. The summed E-state index contributed by atoms with van der Waals surface area (Å²) < 4.78 is 0. The number of amides is 1. The van der Waals surface area contributed by atoms with Gasteiger partial charge in [-0.1, -0.05) is 31.9 Å². The van der Waals surface area contributed by atoms with Crippen molar-refractivity contribution in [3.05, 3.63) is 35.4 Å². The van der Waals surface area contributed by atoms with Gasteiger partial charge in [-0.2, -0.15) is 0 Å². The zero-order chi connectivity index (χ0) is 16.5. The number of nitrogens with zero attached hydrogens (tertiary/aromatic N) is 1. The third-order valence-corrected chi connectivity index (χ3v) is 4.26. The Morgan fingerprint density at radius 2 is 2.00 bits per heavy atom. The van der Waals surface area contributed by atoms with Gasteiger partial charge in [-0.25, -0.2) is 4.99 Å². The highest BCUT2D eigenvalue weighted by atomic mass is 16.1. The van der Waals surface area contributed by atoms with Crippen molar-refractivity contribution in [3.8, 4) is 0 Å². The van der Waals surface area contributed by atoms with Crippen molar-refractivity contribution in [1.29, 1.82) is 0 Å². The minimum atomic E-state index is -0.0184. The van der Waals surface area contributed by atoms with Gasteiger partial charge in [0, 0.05) is 18.7 Å². The molecule has 1 fully saturated rings. The standard InChI is InChI=1S/C18H28N4O/c1-2-3-11-20-17(23)16-9-7-15(8-10-16)13-22-18(19)21-12-14-5-4-6-14/h7-10,14H,2-6,11-13H2,1H3,(H,20,23)(H3,19,21,22). The van der Waals surface area contributed by atoms with E-state index < -0.39 is 0 Å². The maximum atomic E-state index is 11.9. The van der Waals surface area contributed by atoms with Gasteiger partial charge in [-0.05, 0) is 42.9 Å². The van der Waals surface area contributed by atoms with Crippen molar-refractivity contribution in [3.63, 3.8) is 0 Å². The first-order chi connectivity index (χ1) is 11.2. The Morgan fingerprint density at radius 1 is 1.26 bits per heavy atom. The SMILES string of the molecule is CCCCNC(=O)c1ccc(CN=C(N)NCC2CCC2)cc1. The fraction of sp³-hybridized carbons (Fsp3) is 0.556. The molecule has 1 aliphatic rings. The summed E-state index contributed by atoms with van der Waals surface area (Å²) in [5, 5.41) is 6.09. The van der Waals surface area contributed by atoms with Crippen molar-refractivity contribution < 1.29 is 4.79 Å². The molecule has 126 valence electrons. The average Bonchev–Trinajstić information content (AvgIpc) is 2.52. The molecule has 0 aliphatic heterocycles. The molecule has 0 unspecified atom stereocenters. The van der Waals surface area contributed by atoms with Crippen molar-refractivity contribution in [1.82, 2.24) is 10.6 Å². The summed E-state index contributed by atoms with van der Waals surface area (Å²) in [5.41, 5.74) is 7.60. The molecule has 1 aliphatic carbocycles. The van der Waals surface area contributed by atoms with Crippen LogP contribution in [-0.4, -0.2) is 25.0 Å². The van der Waals surface area contributed by atoms with Gasteiger partial charge in [-0.3, -0.25) is 4.79 Å². The van der Waals surface area contributed by atoms with Crippen molar-refractivity contribution in [2.24, 2.45) is 16.6 Å². The molecule has 5 heteroatoms. The lowest BCUT2D eigenvalue weighted by atomic mass is 9.85. The smallest absolute Gasteiger partial charge is 0.251 e. The van der Waals surface area contributed by atoms with E-state index in [-0.39, 0.29) is 5.91 Å². The van der Waals surface area contributed by atoms with E-state index in [1.165, 1.54) is 19.3 Å². The number of guanidine groups is 1. The largest absolute Gasteiger partial charge is 0.370 e. The number of hydrogen-bond donors (Lipinski definition) is 3. The molecule has 2 rings (SSSR count). The molecule has 4 N–H and O–H groups in total. The second kappa shape index (κ2) is 9.18. The summed E-state index contributed by atoms with van der Waals surface area (Å²) in [5.74, 6) is 1.24. The van der Waals surface area contributed by atoms with Gasteiger partial charge in [0.15, 0.2) is 5.96 Å². The third-order valence-electron chi connectivity index (χ3n) is 4.26. The molecule has 0 saturated heterocycles. The number of unbranched alkanes of at least 4 members (excludes halogenated alkanes) is 1. The van der Waals surface area contributed by atoms with E-state index in [2.05, 4.69) is 22.5 Å². The summed E-state index contributed by atoms with van der Waals surface area (Å²) in [6.07, 6.45) is 6.00. The average molecular weight is 316 g/mol. The lowest BCUT2D eigenvalue weighted by Gasteiger charge is -2.25. The summed E-state index contributed by atoms with van der Waals surface area (Å²) in [6.45, 7) is 4.28. The number of hydrogen-bond acceptors (Lipinski definition) is 2. The number of nitrogens with one attached hydrogen (secondary N) is 2. The third kappa shape index (κ3) is 5.93. The maximum absolute atomic E-state index is 11.9. The first kappa shape index (κ1) is 17.3. The molecular formula is C18H28N4O. The van der Waals surface area contributed by atoms with E-state index in [0.717, 1.165) is 37.4 Å². The molecule has 0 spiro atoms. The van der Waals surface area contributed by atoms with Crippen LogP contribution in [0.5, 0.6) is 0 Å². The van der Waals surface area contributed by atoms with Crippen molar-refractivity contribution in [2.75, 3.05) is 13.1 Å². The summed E-state index contributed by atoms with van der Waals surface area (Å²) in [4.78, 5) is 16.3. The number of carbonyl (C=O) groups is 1. The molecular weight excluding hydrogens is 288 g/mol. The topological polar surface area (TPSA) is 79.5 Å². The molecule has 0 atom stereocenters. The summed E-state index contributed by atoms with van der Waals surface area (Å²) >= 11 is 0. The number of benzene rings is 1. The van der Waals surface area contributed by atoms with Crippen molar-refractivity contribution >= 4 is 11.9 Å². The Morgan fingerprint density at radius 3 is 2.61 bits per heavy atom. The Kier molecular flexibility index (Phi) is 6.91. The summed E-state index contributed by atoms with van der Waals surface area (Å²) in [6, 6.07) is 7.53. The van der Waals surface area contributed by atoms with E-state index in [0.29, 0.717) is 18.1 Å². The molecule has 1 saturated carbocycles. The predicted octanol–water partition coefficient (Wildman–Crippen LogP) is 2.42. The predicted molar refractivity (Wildman–Crippen MR) is 94.4 cm³/mol. The Hall–Kier alpha value is -2.04. The van der Waals surface area contributed by atoms with E-state index in [1.54, 1.807) is 0 Å². The highest BCUT2D eigenvalue weighted by Gasteiger charge is 2.16. The Labute approximate surface area is 138 Å². The zero-order valence-corrected chi connectivity index (χ0v) is 14.0. The van der Waals surface area contributed by atoms with Gasteiger partial charge in [0.05, 0.1) is 6.54 Å². The zero-order valence-electron chi connectivity index (χ0n) is 14.0. The quantitative estimate of drug-likeness (QED) is 0.391. The van der Waals surface area contributed by atoms with Crippen molar-refractivity contribution in [2.45, 2.75) is 45.6 Å². The van der Waals surface area contributed by atoms with Crippen LogP contribution in [0.25, 0.3) is 0 Å². The van der Waals surface area contributed by atoms with Crippen LogP contribution in [0.1, 0.15) is 54.9 Å². The van der Waals surface area contributed by atoms with Crippen LogP contribution in [0.15, 0.2) is 29.3 Å². The number of rotatable bonds is 8. The second-order valence-corrected chi connectivity index (χ2v) is 6.19. The van der Waals surface area contributed by atoms with E-state index in [9.17, 15) is 4.79 Å². The monoisotopic (exact) mass is 316 g/mol. The normalized spacial score (nSPS) is 15.1. The molecule has 0 bridgehead atoms. The number of nitrogens with two attached hydrogens (primary N) is 1. The molecule has 0 radical (unpaired) electrons. The lowest BCUT2D eigenvalue weighted by molar-refractivity contribution is 0.0953. The van der Waals surface area contributed by atoms with Gasteiger partial charge in [0.1, 0.15) is 0 Å². The van der Waals surface area contributed by atoms with Crippen LogP contribution in [-0.2, 0) is 6.54 Å². The van der Waals surface area contributed by atoms with Crippen LogP contribution in [0.3, 0.4) is 0 Å². The minimum absolute atomic E-state index is 0.0184. The lowest BCUT2D eigenvalue weighted by Crippen LogP contribution is -2.37. The Bertz CT molecular complexity index is 520. The molecule has 23 heavy (non-hydrogen) atoms. The molecule has 5 nitrogen and oxygen atoms in total. The fourth-order valence-corrected chi connectivity index (χ4v) is 2.42. The fourth-order valence-electron chi connectivity index (χ4n) is 2.42. The van der Waals surface area contributed by atoms with Crippen LogP contribution >= 0.6 is 0 Å². The van der Waals surface area contributed by atoms with E-state index in [1.807, 2.05) is 24.3 Å². The van der Waals surface area contributed by atoms with Crippen LogP contribution < -0.4 is 16.4 Å². The highest BCUT2D eigenvalue weighted by Crippen LogP contribution is 2.24. The Balaban J connectivity index is 1.76. The number of aliphatic imine (C=N–C) groups is 1. The van der Waals surface area contributed by atoms with Crippen LogP contribution in [0.2, 0.25) is 0 Å². The molecule has 1 aromatic rings. The molecule has 1 aromatic carbocycles. The molecule has 0 heterocycles. The summed E-state index contributed by atoms with van der Waals surface area (Å²) in [7, 11) is 0. The van der Waals surface area contributed by atoms with Gasteiger partial charge in [0.25, 0.3) is 5.91 Å². The van der Waals surface area contributed by atoms with Gasteiger partial charge in [0.2, 0.25) is 0 Å². The van der Waals surface area contributed by atoms with Gasteiger partial charge >= 0.3 is 0 Å². The second-order valence-electron chi connectivity index (χ2n) is 6.19. The van der Waals surface area contributed by atoms with Gasteiger partial charge < -0.3 is 16.4 Å². The highest BCUT2D eigenvalue weighted by molar-refractivity contribution is 5.94. The van der Waals surface area contributed by atoms with Crippen LogP contribution in [0.4, 0.5) is 0 Å². The van der Waals surface area contributed by atoms with Gasteiger partial charge in [-0.15, -0.1) is 0 Å². The first-order valence-electron chi connectivity index (χ1n) is 8.60. The molecule has 1 amide bonds. The first-order valence-corrected chi connectivity index (χ1v) is 8.60. The van der Waals surface area contributed by atoms with E-state index >= 15 is 0 Å². The van der Waals surface area contributed by atoms with E-state index in [4.69, 9.17) is 5.73 Å². The molecule has 0 aromatic heterocycles. The minimum Gasteiger partial charge on any atom is -0.370 e.